The quantitative estimate of drug-likeness (QED) is 0.744. The molecule has 1 aromatic carbocycles. The van der Waals surface area contributed by atoms with Gasteiger partial charge in [0.1, 0.15) is 0 Å². The summed E-state index contributed by atoms with van der Waals surface area (Å²) in [6.45, 7) is 0. The highest BCUT2D eigenvalue weighted by molar-refractivity contribution is 6.30. The van der Waals surface area contributed by atoms with Gasteiger partial charge in [-0.1, -0.05) is 11.6 Å². The Morgan fingerprint density at radius 2 is 1.85 bits per heavy atom. The van der Waals surface area contributed by atoms with Crippen LogP contribution in [0.1, 0.15) is 38.0 Å². The first kappa shape index (κ1) is 22.0. The van der Waals surface area contributed by atoms with Gasteiger partial charge in [-0.3, -0.25) is 4.79 Å². The average Bonchev–Trinajstić information content (AvgIpc) is 3.20. The smallest absolute Gasteiger partial charge is 0.220 e. The molecule has 0 spiro atoms. The summed E-state index contributed by atoms with van der Waals surface area (Å²) in [5, 5.41) is 7.45. The molecule has 0 aliphatic carbocycles. The molecule has 2 saturated heterocycles. The van der Waals surface area contributed by atoms with Crippen LogP contribution in [-0.4, -0.2) is 29.0 Å². The maximum Gasteiger partial charge on any atom is 0.220 e. The fraction of sp³-hybridized carbons (Fsp3) is 0.474. The van der Waals surface area contributed by atoms with Gasteiger partial charge >= 0.3 is 0 Å². The molecule has 8 heteroatoms. The van der Waals surface area contributed by atoms with Crippen LogP contribution in [0.2, 0.25) is 5.02 Å². The summed E-state index contributed by atoms with van der Waals surface area (Å²) in [6.07, 6.45) is 7.17. The van der Waals surface area contributed by atoms with E-state index < -0.39 is 0 Å². The van der Waals surface area contributed by atoms with Crippen molar-refractivity contribution in [3.05, 3.63) is 41.4 Å². The Kier molecular flexibility index (Phi) is 7.98. The third-order valence-electron chi connectivity index (χ3n) is 5.09. The lowest BCUT2D eigenvalue weighted by molar-refractivity contribution is -0.122. The Balaban J connectivity index is 0.00000131. The first-order valence-corrected chi connectivity index (χ1v) is 9.29. The highest BCUT2D eigenvalue weighted by Crippen LogP contribution is 2.27. The first-order chi connectivity index (χ1) is 12.2. The van der Waals surface area contributed by atoms with Crippen molar-refractivity contribution >= 4 is 42.3 Å². The van der Waals surface area contributed by atoms with Crippen molar-refractivity contribution in [1.82, 2.24) is 15.6 Å². The second-order valence-electron chi connectivity index (χ2n) is 7.00. The molecule has 4 rings (SSSR count). The number of aromatic nitrogens is 1. The molecule has 2 aliphatic rings. The number of rotatable bonds is 5. The molecule has 0 radical (unpaired) electrons. The summed E-state index contributed by atoms with van der Waals surface area (Å²) >= 11 is 5.90. The topological polar surface area (TPSA) is 67.2 Å². The molecule has 27 heavy (non-hydrogen) atoms. The van der Waals surface area contributed by atoms with E-state index >= 15 is 0 Å². The van der Waals surface area contributed by atoms with Gasteiger partial charge in [0.15, 0.2) is 11.7 Å². The molecular weight excluding hydrogens is 409 g/mol. The number of benzene rings is 1. The Morgan fingerprint density at radius 3 is 2.52 bits per heavy atom. The number of piperidine rings is 1. The minimum atomic E-state index is 0. The third kappa shape index (κ3) is 5.61. The zero-order valence-electron chi connectivity index (χ0n) is 14.8. The van der Waals surface area contributed by atoms with Crippen LogP contribution >= 0.6 is 36.4 Å². The highest BCUT2D eigenvalue weighted by atomic mass is 35.5. The molecule has 3 heterocycles. The number of hydrogen-bond acceptors (Lipinski definition) is 4. The van der Waals surface area contributed by atoms with Gasteiger partial charge in [0.25, 0.3) is 0 Å². The van der Waals surface area contributed by atoms with Gasteiger partial charge in [0.2, 0.25) is 5.91 Å². The summed E-state index contributed by atoms with van der Waals surface area (Å²) < 4.78 is 5.75. The largest absolute Gasteiger partial charge is 0.441 e. The van der Waals surface area contributed by atoms with E-state index in [-0.39, 0.29) is 30.7 Å². The number of carbonyl (C=O) groups is 1. The fourth-order valence-corrected chi connectivity index (χ4v) is 3.99. The lowest BCUT2D eigenvalue weighted by Gasteiger charge is -2.29. The number of carbonyl (C=O) groups excluding carboxylic acids is 1. The standard InChI is InChI=1S/C19H22ClN3O2.2ClH/c20-13-3-1-12(2-4-13)17-11-21-19(25-17)8-7-18(24)23-16-9-14-5-6-15(10-16)22-14;;/h1-4,11,14-16,22H,5-10H2,(H,23,24);2*1H. The lowest BCUT2D eigenvalue weighted by Crippen LogP contribution is -2.48. The van der Waals surface area contributed by atoms with Gasteiger partial charge in [0, 0.05) is 41.6 Å². The van der Waals surface area contributed by atoms with Crippen LogP contribution in [0, 0.1) is 0 Å². The van der Waals surface area contributed by atoms with Crippen LogP contribution in [0.5, 0.6) is 0 Å². The zero-order valence-corrected chi connectivity index (χ0v) is 17.2. The van der Waals surface area contributed by atoms with E-state index in [9.17, 15) is 4.79 Å². The highest BCUT2D eigenvalue weighted by Gasteiger charge is 2.33. The normalized spacial score (nSPS) is 23.2. The Bertz CT molecular complexity index is 739. The fourth-order valence-electron chi connectivity index (χ4n) is 3.87. The number of halogens is 3. The molecule has 1 aromatic heterocycles. The minimum Gasteiger partial charge on any atom is -0.441 e. The molecule has 2 fully saturated rings. The molecule has 2 aromatic rings. The molecular formula is C19H24Cl3N3O2. The number of oxazole rings is 1. The summed E-state index contributed by atoms with van der Waals surface area (Å²) in [6, 6.07) is 8.89. The van der Waals surface area contributed by atoms with E-state index in [1.165, 1.54) is 12.8 Å². The molecule has 0 saturated carbocycles. The number of fused-ring (bicyclic) bond motifs is 2. The second-order valence-corrected chi connectivity index (χ2v) is 7.44. The van der Waals surface area contributed by atoms with E-state index in [4.69, 9.17) is 16.0 Å². The summed E-state index contributed by atoms with van der Waals surface area (Å²) in [7, 11) is 0. The van der Waals surface area contributed by atoms with Gasteiger partial charge in [-0.05, 0) is 49.9 Å². The maximum atomic E-state index is 12.2. The molecule has 5 nitrogen and oxygen atoms in total. The molecule has 2 aliphatic heterocycles. The second kappa shape index (κ2) is 9.78. The Morgan fingerprint density at radius 1 is 1.19 bits per heavy atom. The van der Waals surface area contributed by atoms with E-state index in [0.29, 0.717) is 47.6 Å². The van der Waals surface area contributed by atoms with Crippen LogP contribution in [0.15, 0.2) is 34.9 Å². The van der Waals surface area contributed by atoms with Crippen LogP contribution in [0.4, 0.5) is 0 Å². The van der Waals surface area contributed by atoms with Crippen molar-refractivity contribution in [2.45, 2.75) is 56.7 Å². The SMILES string of the molecule is Cl.Cl.O=C(CCc1ncc(-c2ccc(Cl)cc2)o1)NC1CC2CCC(C1)N2. The number of nitrogens with one attached hydrogen (secondary N) is 2. The van der Waals surface area contributed by atoms with Crippen molar-refractivity contribution in [2.24, 2.45) is 0 Å². The Hall–Kier alpha value is -1.27. The van der Waals surface area contributed by atoms with Crippen LogP contribution in [-0.2, 0) is 11.2 Å². The van der Waals surface area contributed by atoms with E-state index in [1.54, 1.807) is 6.20 Å². The van der Waals surface area contributed by atoms with Crippen molar-refractivity contribution < 1.29 is 9.21 Å². The minimum absolute atomic E-state index is 0. The van der Waals surface area contributed by atoms with Crippen molar-refractivity contribution in [2.75, 3.05) is 0 Å². The van der Waals surface area contributed by atoms with Crippen LogP contribution in [0.25, 0.3) is 11.3 Å². The van der Waals surface area contributed by atoms with Gasteiger partial charge in [-0.2, -0.15) is 0 Å². The van der Waals surface area contributed by atoms with Crippen LogP contribution in [0.3, 0.4) is 0 Å². The predicted octanol–water partition coefficient (Wildman–Crippen LogP) is 4.17. The molecule has 148 valence electrons. The molecule has 2 unspecified atom stereocenters. The van der Waals surface area contributed by atoms with E-state index in [0.717, 1.165) is 18.4 Å². The van der Waals surface area contributed by atoms with E-state index in [2.05, 4.69) is 15.6 Å². The summed E-state index contributed by atoms with van der Waals surface area (Å²) in [5.74, 6) is 1.37. The predicted molar refractivity (Wildman–Crippen MR) is 111 cm³/mol. The van der Waals surface area contributed by atoms with Gasteiger partial charge < -0.3 is 15.1 Å². The monoisotopic (exact) mass is 431 g/mol. The average molecular weight is 433 g/mol. The molecule has 2 bridgehead atoms. The first-order valence-electron chi connectivity index (χ1n) is 8.92. The number of aryl methyl sites for hydroxylation is 1. The van der Waals surface area contributed by atoms with Crippen molar-refractivity contribution in [3.8, 4) is 11.3 Å². The Labute approximate surface area is 176 Å². The van der Waals surface area contributed by atoms with E-state index in [1.807, 2.05) is 24.3 Å². The van der Waals surface area contributed by atoms with Crippen LogP contribution < -0.4 is 10.6 Å². The van der Waals surface area contributed by atoms with Gasteiger partial charge in [-0.15, -0.1) is 24.8 Å². The van der Waals surface area contributed by atoms with Gasteiger partial charge in [0.05, 0.1) is 6.20 Å². The molecule has 1 amide bonds. The number of hydrogen-bond donors (Lipinski definition) is 2. The molecule has 2 N–H and O–H groups in total. The number of nitrogens with zero attached hydrogens (tertiary/aromatic N) is 1. The number of amides is 1. The lowest BCUT2D eigenvalue weighted by atomic mass is 9.99. The van der Waals surface area contributed by atoms with Crippen molar-refractivity contribution in [1.29, 1.82) is 0 Å². The zero-order chi connectivity index (χ0) is 17.2. The summed E-state index contributed by atoms with van der Waals surface area (Å²) in [5.41, 5.74) is 0.929. The molecule has 2 atom stereocenters. The maximum absolute atomic E-state index is 12.2. The van der Waals surface area contributed by atoms with Crippen molar-refractivity contribution in [3.63, 3.8) is 0 Å². The summed E-state index contributed by atoms with van der Waals surface area (Å²) in [4.78, 5) is 16.5. The van der Waals surface area contributed by atoms with Gasteiger partial charge in [-0.25, -0.2) is 4.98 Å². The third-order valence-corrected chi connectivity index (χ3v) is 5.34.